The third-order valence-corrected chi connectivity index (χ3v) is 4.25. The van der Waals surface area contributed by atoms with Crippen molar-refractivity contribution in [2.45, 2.75) is 24.9 Å². The van der Waals surface area contributed by atoms with Crippen LogP contribution >= 0.6 is 15.9 Å². The highest BCUT2D eigenvalue weighted by molar-refractivity contribution is 9.09. The summed E-state index contributed by atoms with van der Waals surface area (Å²) < 4.78 is 0. The zero-order valence-corrected chi connectivity index (χ0v) is 11.9. The van der Waals surface area contributed by atoms with Crippen LogP contribution in [0.25, 0.3) is 0 Å². The first kappa shape index (κ1) is 13.1. The second-order valence-electron chi connectivity index (χ2n) is 5.24. The maximum Gasteiger partial charge on any atom is 0.0758 e. The molecular formula is C14H20BrNO. The summed E-state index contributed by atoms with van der Waals surface area (Å²) in [4.78, 5) is 2.36. The van der Waals surface area contributed by atoms with Gasteiger partial charge in [-0.15, -0.1) is 0 Å². The third-order valence-electron chi connectivity index (χ3n) is 3.47. The molecule has 17 heavy (non-hydrogen) atoms. The van der Waals surface area contributed by atoms with Gasteiger partial charge in [0.05, 0.1) is 5.60 Å². The van der Waals surface area contributed by atoms with Gasteiger partial charge in [0.1, 0.15) is 0 Å². The molecule has 3 heteroatoms. The van der Waals surface area contributed by atoms with E-state index in [0.717, 1.165) is 31.4 Å². The van der Waals surface area contributed by atoms with Gasteiger partial charge in [-0.05, 0) is 18.9 Å². The van der Waals surface area contributed by atoms with Gasteiger partial charge in [-0.1, -0.05) is 46.3 Å². The molecular weight excluding hydrogens is 278 g/mol. The van der Waals surface area contributed by atoms with E-state index in [4.69, 9.17) is 0 Å². The molecule has 0 amide bonds. The Labute approximate surface area is 112 Å². The van der Waals surface area contributed by atoms with Crippen molar-refractivity contribution in [3.8, 4) is 0 Å². The molecule has 1 N–H and O–H groups in total. The van der Waals surface area contributed by atoms with Gasteiger partial charge in [-0.2, -0.15) is 0 Å². The normalized spacial score (nSPS) is 27.2. The Bertz CT molecular complexity index is 352. The van der Waals surface area contributed by atoms with E-state index in [0.29, 0.717) is 5.92 Å². The lowest BCUT2D eigenvalue weighted by Gasteiger charge is -2.23. The molecule has 1 aromatic rings. The van der Waals surface area contributed by atoms with Gasteiger partial charge in [0.2, 0.25) is 0 Å². The summed E-state index contributed by atoms with van der Waals surface area (Å²) in [5, 5.41) is 10.9. The Hall–Kier alpha value is -0.380. The molecule has 0 bridgehead atoms. The fourth-order valence-corrected chi connectivity index (χ4v) is 3.05. The van der Waals surface area contributed by atoms with Crippen molar-refractivity contribution in [2.75, 3.05) is 25.0 Å². The first-order valence-corrected chi connectivity index (χ1v) is 7.28. The zero-order chi connectivity index (χ0) is 12.3. The molecule has 1 heterocycles. The minimum Gasteiger partial charge on any atom is -0.389 e. The van der Waals surface area contributed by atoms with Gasteiger partial charge in [0.25, 0.3) is 0 Å². The predicted molar refractivity (Wildman–Crippen MR) is 74.7 cm³/mol. The topological polar surface area (TPSA) is 23.5 Å². The minimum absolute atomic E-state index is 0.493. The number of likely N-dealkylation sites (tertiary alicyclic amines) is 1. The van der Waals surface area contributed by atoms with Crippen molar-refractivity contribution < 1.29 is 5.11 Å². The predicted octanol–water partition coefficient (Wildman–Crippen LogP) is 2.62. The number of hydrogen-bond donors (Lipinski definition) is 1. The van der Waals surface area contributed by atoms with E-state index in [2.05, 4.69) is 51.2 Å². The Balaban J connectivity index is 1.97. The van der Waals surface area contributed by atoms with Crippen LogP contribution in [0.4, 0.5) is 0 Å². The van der Waals surface area contributed by atoms with Crippen LogP contribution in [0.3, 0.4) is 0 Å². The lowest BCUT2D eigenvalue weighted by molar-refractivity contribution is 0.0683. The maximum absolute atomic E-state index is 9.97. The van der Waals surface area contributed by atoms with Gasteiger partial charge < -0.3 is 5.11 Å². The summed E-state index contributed by atoms with van der Waals surface area (Å²) >= 11 is 3.60. The Morgan fingerprint density at radius 3 is 2.65 bits per heavy atom. The fraction of sp³-hybridized carbons (Fsp3) is 0.571. The number of nitrogens with zero attached hydrogens (tertiary/aromatic N) is 1. The van der Waals surface area contributed by atoms with E-state index < -0.39 is 5.60 Å². The highest BCUT2D eigenvalue weighted by Crippen LogP contribution is 2.25. The Morgan fingerprint density at radius 1 is 1.41 bits per heavy atom. The van der Waals surface area contributed by atoms with Crippen molar-refractivity contribution in [1.82, 2.24) is 4.90 Å². The maximum atomic E-state index is 9.97. The molecule has 94 valence electrons. The van der Waals surface area contributed by atoms with Gasteiger partial charge in [0, 0.05) is 30.9 Å². The summed E-state index contributed by atoms with van der Waals surface area (Å²) in [6.07, 6.45) is 0.886. The third kappa shape index (κ3) is 3.54. The van der Waals surface area contributed by atoms with Crippen LogP contribution in [0.5, 0.6) is 0 Å². The van der Waals surface area contributed by atoms with E-state index in [9.17, 15) is 5.11 Å². The van der Waals surface area contributed by atoms with Crippen molar-refractivity contribution in [1.29, 1.82) is 0 Å². The smallest absolute Gasteiger partial charge is 0.0758 e. The second kappa shape index (κ2) is 5.51. The van der Waals surface area contributed by atoms with E-state index in [1.165, 1.54) is 5.56 Å². The molecule has 0 spiro atoms. The lowest BCUT2D eigenvalue weighted by Crippen LogP contribution is -2.32. The number of rotatable bonds is 4. The van der Waals surface area contributed by atoms with E-state index in [1.807, 2.05) is 6.92 Å². The second-order valence-corrected chi connectivity index (χ2v) is 5.89. The van der Waals surface area contributed by atoms with Crippen LogP contribution in [-0.2, 0) is 0 Å². The highest BCUT2D eigenvalue weighted by Gasteiger charge is 2.32. The number of alkyl halides is 1. The molecule has 2 unspecified atom stereocenters. The largest absolute Gasteiger partial charge is 0.389 e. The highest BCUT2D eigenvalue weighted by atomic mass is 79.9. The average Bonchev–Trinajstić information content (AvgIpc) is 2.67. The van der Waals surface area contributed by atoms with E-state index in [-0.39, 0.29) is 0 Å². The number of halogens is 1. The van der Waals surface area contributed by atoms with E-state index >= 15 is 0 Å². The molecule has 0 aliphatic carbocycles. The molecule has 1 saturated heterocycles. The zero-order valence-electron chi connectivity index (χ0n) is 10.3. The van der Waals surface area contributed by atoms with Gasteiger partial charge in [0.15, 0.2) is 0 Å². The number of aliphatic hydroxyl groups is 1. The van der Waals surface area contributed by atoms with Crippen molar-refractivity contribution >= 4 is 15.9 Å². The van der Waals surface area contributed by atoms with Crippen LogP contribution in [-0.4, -0.2) is 40.6 Å². The SMILES string of the molecule is CC1(O)CCN(CC(CBr)c2ccccc2)C1. The number of β-amino-alcohol motifs (C(OH)–C–C–N with tert-alkyl or cyclic N) is 1. The van der Waals surface area contributed by atoms with Crippen molar-refractivity contribution in [3.05, 3.63) is 35.9 Å². The number of benzene rings is 1. The summed E-state index contributed by atoms with van der Waals surface area (Å²) in [6.45, 7) is 4.75. The molecule has 0 radical (unpaired) electrons. The van der Waals surface area contributed by atoms with Gasteiger partial charge in [-0.3, -0.25) is 4.90 Å². The molecule has 1 aromatic carbocycles. The van der Waals surface area contributed by atoms with E-state index in [1.54, 1.807) is 0 Å². The molecule has 2 atom stereocenters. The van der Waals surface area contributed by atoms with Crippen LogP contribution in [0.15, 0.2) is 30.3 Å². The lowest BCUT2D eigenvalue weighted by atomic mass is 10.0. The Morgan fingerprint density at radius 2 is 2.12 bits per heavy atom. The summed E-state index contributed by atoms with van der Waals surface area (Å²) in [5.74, 6) is 0.505. The first-order valence-electron chi connectivity index (χ1n) is 6.16. The first-order chi connectivity index (χ1) is 8.11. The number of hydrogen-bond acceptors (Lipinski definition) is 2. The molecule has 0 saturated carbocycles. The van der Waals surface area contributed by atoms with Crippen molar-refractivity contribution in [3.63, 3.8) is 0 Å². The quantitative estimate of drug-likeness (QED) is 0.864. The minimum atomic E-state index is -0.493. The molecule has 1 aliphatic heterocycles. The molecule has 0 aromatic heterocycles. The fourth-order valence-electron chi connectivity index (χ4n) is 2.47. The monoisotopic (exact) mass is 297 g/mol. The van der Waals surface area contributed by atoms with Crippen molar-refractivity contribution in [2.24, 2.45) is 0 Å². The summed E-state index contributed by atoms with van der Waals surface area (Å²) in [7, 11) is 0. The molecule has 1 aliphatic rings. The van der Waals surface area contributed by atoms with Gasteiger partial charge in [-0.25, -0.2) is 0 Å². The molecule has 2 nitrogen and oxygen atoms in total. The van der Waals surface area contributed by atoms with Crippen LogP contribution in [0.2, 0.25) is 0 Å². The standard InChI is InChI=1S/C14H20BrNO/c1-14(17)7-8-16(11-14)10-13(9-15)12-5-3-2-4-6-12/h2-6,13,17H,7-11H2,1H3. The van der Waals surface area contributed by atoms with Crippen LogP contribution in [0.1, 0.15) is 24.8 Å². The molecule has 1 fully saturated rings. The Kier molecular flexibility index (Phi) is 4.23. The van der Waals surface area contributed by atoms with Crippen LogP contribution in [0, 0.1) is 0 Å². The summed E-state index contributed by atoms with van der Waals surface area (Å²) in [6, 6.07) is 10.6. The average molecular weight is 298 g/mol. The van der Waals surface area contributed by atoms with Gasteiger partial charge >= 0.3 is 0 Å². The summed E-state index contributed by atoms with van der Waals surface area (Å²) in [5.41, 5.74) is 0.879. The molecule has 2 rings (SSSR count). The van der Waals surface area contributed by atoms with Crippen LogP contribution < -0.4 is 0 Å².